The van der Waals surface area contributed by atoms with Crippen LogP contribution in [0.5, 0.6) is 5.75 Å². The van der Waals surface area contributed by atoms with E-state index in [4.69, 9.17) is 10.5 Å². The molecule has 1 aliphatic rings. The lowest BCUT2D eigenvalue weighted by atomic mass is 9.76. The van der Waals surface area contributed by atoms with Gasteiger partial charge in [0, 0.05) is 28.9 Å². The Balaban J connectivity index is 2.18. The molecule has 2 aromatic rings. The average molecular weight is 354 g/mol. The van der Waals surface area contributed by atoms with Crippen LogP contribution in [0.1, 0.15) is 65.7 Å². The Labute approximate surface area is 154 Å². The summed E-state index contributed by atoms with van der Waals surface area (Å²) in [5.41, 5.74) is 9.39. The zero-order chi connectivity index (χ0) is 19.1. The maximum absolute atomic E-state index is 12.6. The molecule has 5 heteroatoms. The molecular formula is C21H26N2O3. The van der Waals surface area contributed by atoms with Crippen molar-refractivity contribution in [3.8, 4) is 11.4 Å². The molecule has 0 radical (unpaired) electrons. The first-order chi connectivity index (χ1) is 12.2. The van der Waals surface area contributed by atoms with E-state index in [9.17, 15) is 9.59 Å². The van der Waals surface area contributed by atoms with Crippen molar-refractivity contribution >= 4 is 11.7 Å². The van der Waals surface area contributed by atoms with Crippen molar-refractivity contribution < 1.29 is 14.3 Å². The minimum Gasteiger partial charge on any atom is -0.491 e. The minimum atomic E-state index is -0.486. The fourth-order valence-electron chi connectivity index (χ4n) is 3.67. The molecule has 0 bridgehead atoms. The quantitative estimate of drug-likeness (QED) is 0.887. The Kier molecular flexibility index (Phi) is 4.65. The number of aryl methyl sites for hydroxylation is 1. The molecule has 1 amide bonds. The molecule has 1 aliphatic carbocycles. The van der Waals surface area contributed by atoms with Crippen LogP contribution < -0.4 is 10.5 Å². The van der Waals surface area contributed by atoms with Gasteiger partial charge in [-0.25, -0.2) is 0 Å². The lowest BCUT2D eigenvalue weighted by Crippen LogP contribution is -2.28. The highest BCUT2D eigenvalue weighted by Crippen LogP contribution is 2.39. The van der Waals surface area contributed by atoms with Gasteiger partial charge in [0.15, 0.2) is 5.78 Å². The fraction of sp³-hybridized carbons (Fsp3) is 0.429. The fourth-order valence-corrected chi connectivity index (χ4v) is 3.67. The molecule has 0 spiro atoms. The van der Waals surface area contributed by atoms with Gasteiger partial charge in [0.1, 0.15) is 5.75 Å². The number of ether oxygens (including phenoxy) is 1. The standard InChI is InChI=1S/C21H26N2O3/c1-5-8-26-19-10-14(20(22)25)6-7-16(19)23-13(2)9-15-17(23)11-21(3,4)12-18(15)24/h6-7,9-10H,5,8,11-12H2,1-4H3,(H2,22,25). The van der Waals surface area contributed by atoms with Gasteiger partial charge in [-0.05, 0) is 49.4 Å². The van der Waals surface area contributed by atoms with Gasteiger partial charge in [-0.2, -0.15) is 0 Å². The maximum atomic E-state index is 12.6. The predicted octanol–water partition coefficient (Wildman–Crippen LogP) is 3.83. The third-order valence-corrected chi connectivity index (χ3v) is 4.82. The van der Waals surface area contributed by atoms with Gasteiger partial charge >= 0.3 is 0 Å². The highest BCUT2D eigenvalue weighted by molar-refractivity contribution is 5.99. The second-order valence-electron chi connectivity index (χ2n) is 7.82. The Morgan fingerprint density at radius 1 is 1.27 bits per heavy atom. The summed E-state index contributed by atoms with van der Waals surface area (Å²) in [6.45, 7) is 8.80. The van der Waals surface area contributed by atoms with E-state index >= 15 is 0 Å². The average Bonchev–Trinajstić information content (AvgIpc) is 2.87. The number of aromatic nitrogens is 1. The molecule has 138 valence electrons. The van der Waals surface area contributed by atoms with Crippen LogP contribution in [0.2, 0.25) is 0 Å². The molecular weight excluding hydrogens is 328 g/mol. The Bertz CT molecular complexity index is 878. The predicted molar refractivity (Wildman–Crippen MR) is 101 cm³/mol. The summed E-state index contributed by atoms with van der Waals surface area (Å²) in [4.78, 5) is 24.2. The number of hydrogen-bond acceptors (Lipinski definition) is 3. The lowest BCUT2D eigenvalue weighted by molar-refractivity contribution is 0.0910. The van der Waals surface area contributed by atoms with Gasteiger partial charge in [0.2, 0.25) is 5.91 Å². The topological polar surface area (TPSA) is 74.3 Å². The van der Waals surface area contributed by atoms with E-state index in [0.29, 0.717) is 24.3 Å². The van der Waals surface area contributed by atoms with E-state index in [1.165, 1.54) is 0 Å². The van der Waals surface area contributed by atoms with Crippen molar-refractivity contribution in [1.29, 1.82) is 0 Å². The molecule has 0 atom stereocenters. The second-order valence-corrected chi connectivity index (χ2v) is 7.82. The molecule has 0 unspecified atom stereocenters. The number of nitrogens with two attached hydrogens (primary N) is 1. The van der Waals surface area contributed by atoms with Crippen molar-refractivity contribution in [3.05, 3.63) is 46.8 Å². The second kappa shape index (κ2) is 6.63. The van der Waals surface area contributed by atoms with Crippen LogP contribution in [0.15, 0.2) is 24.3 Å². The third-order valence-electron chi connectivity index (χ3n) is 4.82. The molecule has 1 aromatic heterocycles. The smallest absolute Gasteiger partial charge is 0.248 e. The van der Waals surface area contributed by atoms with E-state index in [1.807, 2.05) is 26.0 Å². The van der Waals surface area contributed by atoms with Crippen LogP contribution in [0.25, 0.3) is 5.69 Å². The largest absolute Gasteiger partial charge is 0.491 e. The highest BCUT2D eigenvalue weighted by atomic mass is 16.5. The summed E-state index contributed by atoms with van der Waals surface area (Å²) in [5, 5.41) is 0. The van der Waals surface area contributed by atoms with Crippen LogP contribution in [-0.2, 0) is 6.42 Å². The van der Waals surface area contributed by atoms with Gasteiger partial charge in [0.05, 0.1) is 12.3 Å². The molecule has 1 heterocycles. The van der Waals surface area contributed by atoms with Gasteiger partial charge in [-0.3, -0.25) is 9.59 Å². The maximum Gasteiger partial charge on any atom is 0.248 e. The first kappa shape index (κ1) is 18.2. The first-order valence-electron chi connectivity index (χ1n) is 9.05. The van der Waals surface area contributed by atoms with Gasteiger partial charge in [-0.1, -0.05) is 20.8 Å². The van der Waals surface area contributed by atoms with Gasteiger partial charge < -0.3 is 15.0 Å². The molecule has 2 N–H and O–H groups in total. The summed E-state index contributed by atoms with van der Waals surface area (Å²) in [7, 11) is 0. The number of ketones is 1. The number of rotatable bonds is 5. The van der Waals surface area contributed by atoms with Crippen molar-refractivity contribution in [3.63, 3.8) is 0 Å². The summed E-state index contributed by atoms with van der Waals surface area (Å²) < 4.78 is 8.00. The summed E-state index contributed by atoms with van der Waals surface area (Å²) >= 11 is 0. The Morgan fingerprint density at radius 3 is 2.65 bits per heavy atom. The zero-order valence-corrected chi connectivity index (χ0v) is 15.9. The molecule has 0 fully saturated rings. The van der Waals surface area contributed by atoms with Crippen molar-refractivity contribution in [1.82, 2.24) is 4.57 Å². The van der Waals surface area contributed by atoms with Crippen LogP contribution >= 0.6 is 0 Å². The van der Waals surface area contributed by atoms with Crippen LogP contribution in [0, 0.1) is 12.3 Å². The van der Waals surface area contributed by atoms with Crippen molar-refractivity contribution in [2.45, 2.75) is 47.0 Å². The number of fused-ring (bicyclic) bond motifs is 1. The minimum absolute atomic E-state index is 0.0791. The molecule has 26 heavy (non-hydrogen) atoms. The number of Topliss-reactive ketones (excluding diaryl/α,β-unsaturated/α-hetero) is 1. The number of hydrogen-bond donors (Lipinski definition) is 1. The number of amides is 1. The van der Waals surface area contributed by atoms with E-state index < -0.39 is 5.91 Å². The number of nitrogens with zero attached hydrogens (tertiary/aromatic N) is 1. The van der Waals surface area contributed by atoms with Crippen LogP contribution in [0.3, 0.4) is 0 Å². The molecule has 3 rings (SSSR count). The van der Waals surface area contributed by atoms with E-state index in [0.717, 1.165) is 35.5 Å². The van der Waals surface area contributed by atoms with Crippen molar-refractivity contribution in [2.24, 2.45) is 11.1 Å². The summed E-state index contributed by atoms with van der Waals surface area (Å²) in [6, 6.07) is 7.20. The highest BCUT2D eigenvalue weighted by Gasteiger charge is 2.34. The Morgan fingerprint density at radius 2 is 2.00 bits per heavy atom. The third kappa shape index (κ3) is 3.26. The number of primary amides is 1. The van der Waals surface area contributed by atoms with Crippen molar-refractivity contribution in [2.75, 3.05) is 6.61 Å². The summed E-state index contributed by atoms with van der Waals surface area (Å²) in [6.07, 6.45) is 2.23. The monoisotopic (exact) mass is 354 g/mol. The molecule has 0 saturated carbocycles. The zero-order valence-electron chi connectivity index (χ0n) is 15.9. The molecule has 0 saturated heterocycles. The number of carbonyl (C=O) groups excluding carboxylic acids is 2. The van der Waals surface area contributed by atoms with E-state index in [1.54, 1.807) is 12.1 Å². The number of benzene rings is 1. The normalized spacial score (nSPS) is 15.6. The number of carbonyl (C=O) groups is 2. The van der Waals surface area contributed by atoms with Gasteiger partial charge in [-0.15, -0.1) is 0 Å². The first-order valence-corrected chi connectivity index (χ1v) is 9.05. The summed E-state index contributed by atoms with van der Waals surface area (Å²) in [5.74, 6) is 0.309. The lowest BCUT2D eigenvalue weighted by Gasteiger charge is -2.30. The molecule has 5 nitrogen and oxygen atoms in total. The Hall–Kier alpha value is -2.56. The van der Waals surface area contributed by atoms with Crippen LogP contribution in [-0.4, -0.2) is 22.9 Å². The van der Waals surface area contributed by atoms with Crippen LogP contribution in [0.4, 0.5) is 0 Å². The molecule has 1 aromatic carbocycles. The van der Waals surface area contributed by atoms with E-state index in [2.05, 4.69) is 18.4 Å². The SMILES string of the molecule is CCCOc1cc(C(N)=O)ccc1-n1c(C)cc2c1CC(C)(C)CC2=O. The van der Waals surface area contributed by atoms with Gasteiger partial charge in [0.25, 0.3) is 0 Å². The molecule has 0 aliphatic heterocycles. The van der Waals surface area contributed by atoms with E-state index in [-0.39, 0.29) is 11.2 Å².